The molecule has 10 aromatic rings. The summed E-state index contributed by atoms with van der Waals surface area (Å²) in [4.78, 5) is 49.8. The molecule has 0 radical (unpaired) electrons. The van der Waals surface area contributed by atoms with Gasteiger partial charge in [0.15, 0.2) is 12.2 Å². The number of carboxylic acids is 2. The summed E-state index contributed by atoms with van der Waals surface area (Å²) in [6.45, 7) is 18.6. The van der Waals surface area contributed by atoms with E-state index in [1.165, 1.54) is 11.3 Å². The second-order valence-electron chi connectivity index (χ2n) is 24.8. The molecule has 6 aromatic carbocycles. The highest BCUT2D eigenvalue weighted by molar-refractivity contribution is 7.22. The van der Waals surface area contributed by atoms with E-state index in [1.807, 2.05) is 140 Å². The quantitative estimate of drug-likeness (QED) is 0.0817. The van der Waals surface area contributed by atoms with E-state index >= 15 is 0 Å². The summed E-state index contributed by atoms with van der Waals surface area (Å²) in [5.41, 5.74) is 12.4. The number of hydrogen-bond donors (Lipinski definition) is 3. The Morgan fingerprint density at radius 1 is 0.640 bits per heavy atom. The summed E-state index contributed by atoms with van der Waals surface area (Å²) in [5, 5.41) is 39.0. The molecule has 2 aliphatic rings. The van der Waals surface area contributed by atoms with Crippen molar-refractivity contribution >= 4 is 106 Å². The predicted octanol–water partition coefficient (Wildman–Crippen LogP) is 15.5. The van der Waals surface area contributed by atoms with Crippen LogP contribution in [0.5, 0.6) is 0 Å². The Balaban J connectivity index is 0.000000186. The second-order valence-corrected chi connectivity index (χ2v) is 27.7. The van der Waals surface area contributed by atoms with E-state index in [2.05, 4.69) is 29.6 Å². The fourth-order valence-electron chi connectivity index (χ4n) is 12.1. The molecule has 17 nitrogen and oxygen atoms in total. The van der Waals surface area contributed by atoms with Crippen LogP contribution in [-0.2, 0) is 42.6 Å². The average Bonchev–Trinajstić information content (AvgIpc) is 1.73. The average molecular weight is 1280 g/mol. The van der Waals surface area contributed by atoms with Crippen LogP contribution in [0.3, 0.4) is 0 Å². The molecule has 4 atom stereocenters. The SMILES string of the molecule is COCCOC(=O)N1CCC(c2nn(C)c3ccc(-c4nc5cc(C)c([C@H](OC(C)(C)C)C(=O)O)c(-c6ccc(Cl)cc6)c5s4)cc23)C1.Cc1cc2nc(-c3ccc4c(c3)c(C3CCNC3)nn4C)sc2c(-c2ccc(Cl)cc2)c1[C@H](OC(C)(C)C)C(=O)O. The summed E-state index contributed by atoms with van der Waals surface area (Å²) in [6.07, 6.45) is -0.821. The number of ether oxygens (including phenoxy) is 4. The third kappa shape index (κ3) is 13.3. The summed E-state index contributed by atoms with van der Waals surface area (Å²) in [7, 11) is 5.49. The third-order valence-electron chi connectivity index (χ3n) is 16.1. The van der Waals surface area contributed by atoms with E-state index in [0.717, 1.165) is 134 Å². The lowest BCUT2D eigenvalue weighted by Crippen LogP contribution is -2.30. The number of carbonyl (C=O) groups excluding carboxylic acids is 1. The van der Waals surface area contributed by atoms with Crippen LogP contribution in [0.15, 0.2) is 97.1 Å². The van der Waals surface area contributed by atoms with Gasteiger partial charge in [0.25, 0.3) is 0 Å². The molecular formula is C68H72Cl2N8O9S2. The number of methoxy groups -OCH3 is 1. The van der Waals surface area contributed by atoms with Gasteiger partial charge in [-0.2, -0.15) is 10.2 Å². The minimum Gasteiger partial charge on any atom is -0.479 e. The highest BCUT2D eigenvalue weighted by Crippen LogP contribution is 2.48. The summed E-state index contributed by atoms with van der Waals surface area (Å²) in [5.74, 6) is -1.64. The highest BCUT2D eigenvalue weighted by atomic mass is 35.5. The van der Waals surface area contributed by atoms with Crippen molar-refractivity contribution < 1.29 is 43.5 Å². The second kappa shape index (κ2) is 25.5. The molecule has 21 heteroatoms. The van der Waals surface area contributed by atoms with Crippen molar-refractivity contribution in [1.29, 1.82) is 0 Å². The number of aliphatic carboxylic acids is 2. The molecular weight excluding hydrogens is 1210 g/mol. The normalized spacial score (nSPS) is 16.2. The van der Waals surface area contributed by atoms with E-state index in [-0.39, 0.29) is 18.6 Å². The molecule has 0 saturated carbocycles. The number of carboxylic acid groups (broad SMARTS) is 2. The third-order valence-corrected chi connectivity index (χ3v) is 18.9. The van der Waals surface area contributed by atoms with Crippen molar-refractivity contribution in [3.63, 3.8) is 0 Å². The summed E-state index contributed by atoms with van der Waals surface area (Å²) >= 11 is 15.6. The maximum atomic E-state index is 12.7. The molecule has 3 N–H and O–H groups in total. The Hall–Kier alpha value is -7.33. The van der Waals surface area contributed by atoms with Gasteiger partial charge in [0.1, 0.15) is 16.6 Å². The first-order chi connectivity index (χ1) is 42.3. The van der Waals surface area contributed by atoms with Crippen LogP contribution in [0.4, 0.5) is 4.79 Å². The minimum absolute atomic E-state index is 0.0618. The standard InChI is InChI=1S/C36H39ClN4O6S.C32H33ClN4O3S/c1-20-17-26-32(29(21-7-10-24(37)11-8-21)28(20)31(34(42)43)47-36(2,3)4)48-33(38-26)22-9-12-27-25(18-22)30(39-40(27)5)23-13-14-41(19-23)35(44)46-16-15-45-6;1-17-14-23-29(26(18-6-9-21(33)10-7-18)25(17)28(31(38)39)40-32(2,3)4)41-30(35-23)19-8-11-24-22(15-19)27(36-37(24)5)20-12-13-34-16-20/h7-12,17-18,23,31H,13-16,19H2,1-6H3,(H,42,43);6-11,14-15,20,28,34H,12-13,16H2,1-5H3,(H,38,39)/t23?,31-;20?,28-/m00/s1. The Bertz CT molecular complexity index is 4330. The van der Waals surface area contributed by atoms with Gasteiger partial charge in [0.05, 0.1) is 60.7 Å². The number of halogens is 2. The monoisotopic (exact) mass is 1280 g/mol. The Kier molecular flexibility index (Phi) is 18.1. The van der Waals surface area contributed by atoms with Crippen LogP contribution >= 0.6 is 45.9 Å². The molecule has 2 saturated heterocycles. The van der Waals surface area contributed by atoms with Crippen molar-refractivity contribution in [3.8, 4) is 43.4 Å². The fourth-order valence-corrected chi connectivity index (χ4v) is 14.6. The smallest absolute Gasteiger partial charge is 0.409 e. The molecule has 2 fully saturated rings. The minimum atomic E-state index is -1.19. The van der Waals surface area contributed by atoms with E-state index in [1.54, 1.807) is 35.5 Å². The lowest BCUT2D eigenvalue weighted by atomic mass is 9.91. The molecule has 0 aliphatic carbocycles. The van der Waals surface area contributed by atoms with Gasteiger partial charge in [-0.15, -0.1) is 22.7 Å². The molecule has 12 rings (SSSR count). The molecule has 0 spiro atoms. The zero-order valence-electron chi connectivity index (χ0n) is 51.7. The number of nitrogens with zero attached hydrogens (tertiary/aromatic N) is 7. The van der Waals surface area contributed by atoms with Gasteiger partial charge in [-0.1, -0.05) is 47.5 Å². The van der Waals surface area contributed by atoms with Crippen molar-refractivity contribution in [2.75, 3.05) is 46.5 Å². The topological polar surface area (TPSA) is 205 Å². The van der Waals surface area contributed by atoms with Crippen LogP contribution < -0.4 is 5.32 Å². The number of rotatable bonds is 15. The van der Waals surface area contributed by atoms with E-state index in [4.69, 9.17) is 62.3 Å². The van der Waals surface area contributed by atoms with Crippen LogP contribution in [0.1, 0.15) is 112 Å². The number of carbonyl (C=O) groups is 3. The zero-order valence-corrected chi connectivity index (χ0v) is 54.8. The van der Waals surface area contributed by atoms with Crippen molar-refractivity contribution in [3.05, 3.63) is 141 Å². The maximum Gasteiger partial charge on any atom is 0.409 e. The highest BCUT2D eigenvalue weighted by Gasteiger charge is 2.36. The number of amides is 1. The first-order valence-corrected chi connectivity index (χ1v) is 32.0. The first kappa shape index (κ1) is 63.2. The van der Waals surface area contributed by atoms with Gasteiger partial charge < -0.3 is 39.4 Å². The van der Waals surface area contributed by atoms with Crippen LogP contribution in [0, 0.1) is 13.8 Å². The molecule has 6 heterocycles. The van der Waals surface area contributed by atoms with E-state index in [0.29, 0.717) is 46.8 Å². The lowest BCUT2D eigenvalue weighted by molar-refractivity contribution is -0.161. The maximum absolute atomic E-state index is 12.7. The van der Waals surface area contributed by atoms with Gasteiger partial charge in [-0.05, 0) is 170 Å². The molecule has 2 aliphatic heterocycles. The molecule has 89 heavy (non-hydrogen) atoms. The van der Waals surface area contributed by atoms with Crippen molar-refractivity contribution in [2.24, 2.45) is 14.1 Å². The number of fused-ring (bicyclic) bond motifs is 4. The number of likely N-dealkylation sites (tertiary alicyclic amines) is 1. The van der Waals surface area contributed by atoms with Crippen LogP contribution in [0.25, 0.3) is 85.6 Å². The van der Waals surface area contributed by atoms with Crippen LogP contribution in [0.2, 0.25) is 10.0 Å². The molecule has 1 amide bonds. The number of nitrogens with one attached hydrogen (secondary N) is 1. The van der Waals surface area contributed by atoms with Crippen molar-refractivity contribution in [2.45, 2.75) is 103 Å². The summed E-state index contributed by atoms with van der Waals surface area (Å²) in [6, 6.07) is 31.5. The molecule has 464 valence electrons. The molecule has 4 aromatic heterocycles. The lowest BCUT2D eigenvalue weighted by Gasteiger charge is -2.28. The largest absolute Gasteiger partial charge is 0.479 e. The molecule has 2 unspecified atom stereocenters. The fraction of sp³-hybridized carbons (Fsp3) is 0.368. The van der Waals surface area contributed by atoms with Gasteiger partial charge >= 0.3 is 18.0 Å². The van der Waals surface area contributed by atoms with Crippen molar-refractivity contribution in [1.82, 2.24) is 39.7 Å². The Morgan fingerprint density at radius 2 is 1.09 bits per heavy atom. The van der Waals surface area contributed by atoms with Gasteiger partial charge in [-0.25, -0.2) is 24.4 Å². The van der Waals surface area contributed by atoms with E-state index < -0.39 is 35.3 Å². The number of hydrogen-bond acceptors (Lipinski definition) is 14. The Morgan fingerprint density at radius 3 is 1.51 bits per heavy atom. The number of aromatic nitrogens is 6. The van der Waals surface area contributed by atoms with Gasteiger partial charge in [0.2, 0.25) is 0 Å². The Labute approximate surface area is 534 Å². The zero-order chi connectivity index (χ0) is 63.4. The molecule has 0 bridgehead atoms. The summed E-state index contributed by atoms with van der Waals surface area (Å²) < 4.78 is 28.3. The number of thiazole rings is 2. The van der Waals surface area contributed by atoms with Gasteiger partial charge in [0, 0.05) is 107 Å². The predicted molar refractivity (Wildman–Crippen MR) is 354 cm³/mol. The first-order valence-electron chi connectivity index (χ1n) is 29.6. The number of aryl methyl sites for hydroxylation is 4. The van der Waals surface area contributed by atoms with Gasteiger partial charge in [-0.3, -0.25) is 9.36 Å². The van der Waals surface area contributed by atoms with Crippen LogP contribution in [-0.4, -0.2) is 120 Å². The number of benzene rings is 6. The van der Waals surface area contributed by atoms with E-state index in [9.17, 15) is 24.6 Å².